The molecule has 2 aromatic rings. The van der Waals surface area contributed by atoms with Crippen LogP contribution in [0.4, 0.5) is 0 Å². The Morgan fingerprint density at radius 3 is 2.40 bits per heavy atom. The zero-order valence-electron chi connectivity index (χ0n) is 32.2. The molecule has 0 aromatic heterocycles. The van der Waals surface area contributed by atoms with Gasteiger partial charge in [0.2, 0.25) is 11.8 Å². The van der Waals surface area contributed by atoms with Gasteiger partial charge < -0.3 is 39.8 Å². The second-order valence-corrected chi connectivity index (χ2v) is 17.5. The predicted molar refractivity (Wildman–Crippen MR) is 203 cm³/mol. The Balaban J connectivity index is 0.996. The molecule has 8 rings (SSSR count). The van der Waals surface area contributed by atoms with Crippen molar-refractivity contribution in [3.63, 3.8) is 0 Å². The highest BCUT2D eigenvalue weighted by atomic mass is 16.8. The van der Waals surface area contributed by atoms with Crippen LogP contribution in [0, 0.1) is 17.3 Å². The molecule has 11 heteroatoms. The molecule has 1 unspecified atom stereocenters. The summed E-state index contributed by atoms with van der Waals surface area (Å²) in [6.45, 7) is 8.13. The molecule has 294 valence electrons. The number of benzene rings is 2. The molecule has 4 N–H and O–H groups in total. The minimum atomic E-state index is -1.26. The van der Waals surface area contributed by atoms with E-state index < -0.39 is 54.0 Å². The zero-order chi connectivity index (χ0) is 38.7. The van der Waals surface area contributed by atoms with Gasteiger partial charge >= 0.3 is 5.97 Å². The number of ether oxygens (including phenoxy) is 4. The molecule has 4 fully saturated rings. The van der Waals surface area contributed by atoms with Gasteiger partial charge in [0, 0.05) is 31.4 Å². The van der Waals surface area contributed by atoms with Gasteiger partial charge in [0.15, 0.2) is 5.79 Å². The number of carbonyl (C=O) groups excluding carboxylic acids is 3. The van der Waals surface area contributed by atoms with Gasteiger partial charge in [-0.1, -0.05) is 61.9 Å². The Kier molecular flexibility index (Phi) is 10.1. The maximum atomic E-state index is 13.8. The van der Waals surface area contributed by atoms with Gasteiger partial charge in [-0.15, -0.1) is 0 Å². The molecule has 4 aliphatic carbocycles. The molecule has 9 atom stereocenters. The number of rotatable bonds is 9. The predicted octanol–water partition coefficient (Wildman–Crippen LogP) is 4.57. The molecule has 2 aliphatic heterocycles. The van der Waals surface area contributed by atoms with E-state index in [1.54, 1.807) is 18.2 Å². The van der Waals surface area contributed by atoms with E-state index >= 15 is 0 Å². The number of allylic oxidation sites excluding steroid dienone is 1. The first-order chi connectivity index (χ1) is 26.3. The molecule has 1 spiro atoms. The summed E-state index contributed by atoms with van der Waals surface area (Å²) in [6, 6.07) is 14.3. The first kappa shape index (κ1) is 38.0. The summed E-state index contributed by atoms with van der Waals surface area (Å²) in [6.07, 6.45) is 7.45. The topological polar surface area (TPSA) is 156 Å². The first-order valence-electron chi connectivity index (χ1n) is 20.0. The molecular formula is C44H54N2O9. The van der Waals surface area contributed by atoms with E-state index in [1.807, 2.05) is 36.4 Å². The van der Waals surface area contributed by atoms with Crippen molar-refractivity contribution >= 4 is 23.9 Å². The van der Waals surface area contributed by atoms with E-state index in [0.717, 1.165) is 36.0 Å². The minimum Gasteiger partial charge on any atom is -0.456 e. The lowest BCUT2D eigenvalue weighted by Crippen LogP contribution is -2.54. The van der Waals surface area contributed by atoms with E-state index in [0.29, 0.717) is 41.8 Å². The molecule has 2 saturated heterocycles. The van der Waals surface area contributed by atoms with Crippen molar-refractivity contribution in [1.29, 1.82) is 0 Å². The molecule has 2 amide bonds. The van der Waals surface area contributed by atoms with Gasteiger partial charge in [-0.3, -0.25) is 9.59 Å². The van der Waals surface area contributed by atoms with Crippen LogP contribution in [0.25, 0.3) is 6.08 Å². The standard InChI is InChI=1S/C44H54N2O9/c1-25(48)37(40(50)45-17-18-47)46-39(49)31-20-34(38-35(21-31)53-44(55-38)22-29-7-5-6-8-30(29)23-44)52-41(51)27-11-9-26(10-12-27)19-28-13-14-36-43(4,54-36)16-15-33-32(28)24-42(33,2)3/h5-12,19,21,25,32-38,47-48H,13-18,20,22-24H2,1-4H3,(H,45,50)(H,46,49)/t25-,32+,33+,34+,35+,36?,37+,38-,43+/m0/s1. The second kappa shape index (κ2) is 14.6. The number of aliphatic hydroxyl groups excluding tert-OH is 2. The SMILES string of the molecule is C[C@H](O)[C@@H](NC(=O)C1=C[C@H]2OC3(Cc4ccccc4C3)O[C@H]2[C@H](OC(=O)c2ccc(C=C3CCC4O[C@]4(C)CC[C@@H]4[C@@H]3CC4(C)C)cc2)C1)C(=O)NCCO. The largest absolute Gasteiger partial charge is 0.456 e. The highest BCUT2D eigenvalue weighted by Gasteiger charge is 2.57. The van der Waals surface area contributed by atoms with Crippen LogP contribution < -0.4 is 10.6 Å². The number of carbonyl (C=O) groups is 3. The monoisotopic (exact) mass is 754 g/mol. The molecule has 2 heterocycles. The maximum Gasteiger partial charge on any atom is 0.338 e. The third-order valence-corrected chi connectivity index (χ3v) is 13.1. The average Bonchev–Trinajstić information content (AvgIpc) is 3.44. The van der Waals surface area contributed by atoms with Crippen LogP contribution in [0.3, 0.4) is 0 Å². The van der Waals surface area contributed by atoms with Crippen LogP contribution in [0.5, 0.6) is 0 Å². The number of aliphatic hydroxyl groups is 2. The summed E-state index contributed by atoms with van der Waals surface area (Å²) in [7, 11) is 0. The molecule has 2 saturated carbocycles. The van der Waals surface area contributed by atoms with Gasteiger partial charge in [0.25, 0.3) is 0 Å². The minimum absolute atomic E-state index is 0.0166. The molecule has 55 heavy (non-hydrogen) atoms. The number of hydrogen-bond acceptors (Lipinski definition) is 9. The fourth-order valence-electron chi connectivity index (χ4n) is 9.93. The molecule has 11 nitrogen and oxygen atoms in total. The highest BCUT2D eigenvalue weighted by molar-refractivity contribution is 5.97. The molecule has 6 aliphatic rings. The van der Waals surface area contributed by atoms with Gasteiger partial charge in [-0.2, -0.15) is 0 Å². The third-order valence-electron chi connectivity index (χ3n) is 13.1. The summed E-state index contributed by atoms with van der Waals surface area (Å²) in [5, 5.41) is 24.6. The molecule has 0 bridgehead atoms. The zero-order valence-corrected chi connectivity index (χ0v) is 32.2. The number of esters is 1. The summed E-state index contributed by atoms with van der Waals surface area (Å²) in [5.74, 6) is -1.53. The summed E-state index contributed by atoms with van der Waals surface area (Å²) in [5.41, 5.74) is 5.73. The fourth-order valence-corrected chi connectivity index (χ4v) is 9.93. The van der Waals surface area contributed by atoms with Gasteiger partial charge in [-0.25, -0.2) is 4.79 Å². The molecular weight excluding hydrogens is 700 g/mol. The first-order valence-corrected chi connectivity index (χ1v) is 20.0. The second-order valence-electron chi connectivity index (χ2n) is 17.5. The lowest BCUT2D eigenvalue weighted by atomic mass is 9.52. The van der Waals surface area contributed by atoms with E-state index in [4.69, 9.17) is 24.1 Å². The lowest BCUT2D eigenvalue weighted by Gasteiger charge is -2.53. The Morgan fingerprint density at radius 1 is 1.00 bits per heavy atom. The Morgan fingerprint density at radius 2 is 1.73 bits per heavy atom. The molecule has 0 radical (unpaired) electrons. The number of nitrogens with one attached hydrogen (secondary N) is 2. The van der Waals surface area contributed by atoms with E-state index in [2.05, 4.69) is 37.5 Å². The van der Waals surface area contributed by atoms with Crippen molar-refractivity contribution < 1.29 is 43.5 Å². The van der Waals surface area contributed by atoms with Crippen LogP contribution in [0.1, 0.15) is 93.3 Å². The van der Waals surface area contributed by atoms with Crippen molar-refractivity contribution in [2.24, 2.45) is 17.3 Å². The lowest BCUT2D eigenvalue weighted by molar-refractivity contribution is -0.172. The smallest absolute Gasteiger partial charge is 0.338 e. The number of hydrogen-bond donors (Lipinski definition) is 4. The van der Waals surface area contributed by atoms with Gasteiger partial charge in [0.1, 0.15) is 24.4 Å². The summed E-state index contributed by atoms with van der Waals surface area (Å²) < 4.78 is 25.5. The number of epoxide rings is 1. The van der Waals surface area contributed by atoms with Crippen molar-refractivity contribution in [3.8, 4) is 0 Å². The Bertz CT molecular complexity index is 1860. The maximum absolute atomic E-state index is 13.8. The Labute approximate surface area is 322 Å². The number of amides is 2. The van der Waals surface area contributed by atoms with Crippen molar-refractivity contribution in [2.45, 2.75) is 127 Å². The van der Waals surface area contributed by atoms with Crippen LogP contribution in [0.15, 0.2) is 65.8 Å². The van der Waals surface area contributed by atoms with Crippen LogP contribution in [0.2, 0.25) is 0 Å². The van der Waals surface area contributed by atoms with Crippen molar-refractivity contribution in [1.82, 2.24) is 10.6 Å². The molecule has 2 aromatic carbocycles. The summed E-state index contributed by atoms with van der Waals surface area (Å²) in [4.78, 5) is 40.2. The average molecular weight is 755 g/mol. The Hall–Kier alpha value is -3.87. The number of fused-ring (bicyclic) bond motifs is 4. The van der Waals surface area contributed by atoms with Crippen molar-refractivity contribution in [3.05, 3.63) is 88.0 Å². The van der Waals surface area contributed by atoms with E-state index in [-0.39, 0.29) is 30.7 Å². The normalized spacial score (nSPS) is 32.8. The summed E-state index contributed by atoms with van der Waals surface area (Å²) >= 11 is 0. The fraction of sp³-hybridized carbons (Fsp3) is 0.568. The third kappa shape index (κ3) is 7.54. The van der Waals surface area contributed by atoms with E-state index in [1.165, 1.54) is 25.3 Å². The van der Waals surface area contributed by atoms with Gasteiger partial charge in [-0.05, 0) is 98.1 Å². The van der Waals surface area contributed by atoms with E-state index in [9.17, 15) is 19.5 Å². The van der Waals surface area contributed by atoms with Crippen LogP contribution in [-0.2, 0) is 41.4 Å². The van der Waals surface area contributed by atoms with Crippen molar-refractivity contribution in [2.75, 3.05) is 13.2 Å². The highest BCUT2D eigenvalue weighted by Crippen LogP contribution is 2.59. The van der Waals surface area contributed by atoms with Gasteiger partial charge in [0.05, 0.1) is 30.0 Å². The quantitative estimate of drug-likeness (QED) is 0.213. The van der Waals surface area contributed by atoms with Crippen LogP contribution in [-0.4, -0.2) is 89.1 Å². The van der Waals surface area contributed by atoms with Crippen LogP contribution >= 0.6 is 0 Å².